The Balaban J connectivity index is 1.33. The summed E-state index contributed by atoms with van der Waals surface area (Å²) in [6.07, 6.45) is 2.72. The van der Waals surface area contributed by atoms with Crippen LogP contribution in [0.4, 0.5) is 5.69 Å². The second kappa shape index (κ2) is 11.5. The Hall–Kier alpha value is -3.78. The molecule has 198 valence electrons. The molecule has 1 amide bonds. The van der Waals surface area contributed by atoms with Crippen molar-refractivity contribution in [2.75, 3.05) is 17.8 Å². The number of sulfonamides is 1. The molecule has 0 atom stereocenters. The van der Waals surface area contributed by atoms with Crippen molar-refractivity contribution >= 4 is 50.4 Å². The molecule has 0 aromatic heterocycles. The largest absolute Gasteiger partial charge is 0.456 e. The van der Waals surface area contributed by atoms with Crippen LogP contribution in [0.1, 0.15) is 22.3 Å². The molecule has 5 rings (SSSR count). The van der Waals surface area contributed by atoms with Crippen LogP contribution in [0.15, 0.2) is 108 Å². The van der Waals surface area contributed by atoms with Crippen LogP contribution in [0.2, 0.25) is 10.0 Å². The smallest absolute Gasteiger partial charge is 0.261 e. The molecule has 4 aromatic carbocycles. The lowest BCUT2D eigenvalue weighted by Gasteiger charge is -2.27. The molecule has 0 unspecified atom stereocenters. The van der Waals surface area contributed by atoms with Crippen LogP contribution in [-0.2, 0) is 10.0 Å². The third-order valence-electron chi connectivity index (χ3n) is 6.30. The number of ether oxygens (including phenoxy) is 1. The first-order valence-corrected chi connectivity index (χ1v) is 14.4. The molecular weight excluding hydrogens is 555 g/mol. The van der Waals surface area contributed by atoms with Crippen molar-refractivity contribution in [1.29, 1.82) is 0 Å². The highest BCUT2D eigenvalue weighted by Crippen LogP contribution is 2.31. The topological polar surface area (TPSA) is 75.7 Å². The molecule has 0 bridgehead atoms. The van der Waals surface area contributed by atoms with E-state index in [2.05, 4.69) is 4.72 Å². The zero-order valence-electron chi connectivity index (χ0n) is 20.7. The van der Waals surface area contributed by atoms with Gasteiger partial charge in [-0.3, -0.25) is 9.52 Å². The summed E-state index contributed by atoms with van der Waals surface area (Å²) in [6, 6.07) is 27.5. The average molecular weight is 580 g/mol. The van der Waals surface area contributed by atoms with Crippen molar-refractivity contribution in [2.24, 2.45) is 0 Å². The van der Waals surface area contributed by atoms with Gasteiger partial charge in [0.15, 0.2) is 0 Å². The van der Waals surface area contributed by atoms with Gasteiger partial charge >= 0.3 is 0 Å². The van der Waals surface area contributed by atoms with Crippen LogP contribution in [0.5, 0.6) is 11.5 Å². The fourth-order valence-electron chi connectivity index (χ4n) is 4.27. The Morgan fingerprint density at radius 2 is 1.59 bits per heavy atom. The third kappa shape index (κ3) is 6.28. The number of hydrogen-bond donors (Lipinski definition) is 1. The van der Waals surface area contributed by atoms with Gasteiger partial charge in [0, 0.05) is 18.1 Å². The van der Waals surface area contributed by atoms with Crippen LogP contribution in [-0.4, -0.2) is 32.3 Å². The van der Waals surface area contributed by atoms with Crippen molar-refractivity contribution in [1.82, 2.24) is 4.90 Å². The summed E-state index contributed by atoms with van der Waals surface area (Å²) in [5, 5.41) is 0.774. The normalized spacial score (nSPS) is 13.5. The van der Waals surface area contributed by atoms with E-state index in [1.807, 2.05) is 36.4 Å². The number of amides is 1. The number of nitrogens with one attached hydrogen (secondary N) is 1. The molecule has 0 saturated heterocycles. The van der Waals surface area contributed by atoms with Crippen molar-refractivity contribution < 1.29 is 17.9 Å². The Morgan fingerprint density at radius 3 is 2.28 bits per heavy atom. The lowest BCUT2D eigenvalue weighted by Crippen LogP contribution is -2.35. The maximum absolute atomic E-state index is 13.5. The van der Waals surface area contributed by atoms with Gasteiger partial charge in [-0.2, -0.15) is 0 Å². The third-order valence-corrected chi connectivity index (χ3v) is 8.22. The lowest BCUT2D eigenvalue weighted by atomic mass is 9.99. The molecule has 9 heteroatoms. The molecule has 0 aliphatic carbocycles. The first-order chi connectivity index (χ1) is 18.8. The van der Waals surface area contributed by atoms with Gasteiger partial charge in [0.2, 0.25) is 0 Å². The quantitative estimate of drug-likeness (QED) is 0.246. The minimum atomic E-state index is -4.01. The van der Waals surface area contributed by atoms with E-state index >= 15 is 0 Å². The van der Waals surface area contributed by atoms with E-state index in [0.29, 0.717) is 41.1 Å². The molecule has 39 heavy (non-hydrogen) atoms. The van der Waals surface area contributed by atoms with Gasteiger partial charge in [-0.05, 0) is 72.2 Å². The van der Waals surface area contributed by atoms with Crippen LogP contribution < -0.4 is 9.46 Å². The van der Waals surface area contributed by atoms with Gasteiger partial charge in [-0.1, -0.05) is 71.7 Å². The Labute approximate surface area is 237 Å². The van der Waals surface area contributed by atoms with Gasteiger partial charge in [-0.15, -0.1) is 0 Å². The first kappa shape index (κ1) is 26.8. The number of halogens is 2. The maximum atomic E-state index is 13.5. The first-order valence-electron chi connectivity index (χ1n) is 12.2. The average Bonchev–Trinajstić information content (AvgIpc) is 2.96. The van der Waals surface area contributed by atoms with Crippen LogP contribution in [0.25, 0.3) is 5.57 Å². The molecule has 0 radical (unpaired) electrons. The second-order valence-corrected chi connectivity index (χ2v) is 11.4. The highest BCUT2D eigenvalue weighted by Gasteiger charge is 2.24. The number of benzene rings is 4. The van der Waals surface area contributed by atoms with E-state index in [9.17, 15) is 13.2 Å². The predicted molar refractivity (Wildman–Crippen MR) is 155 cm³/mol. The lowest BCUT2D eigenvalue weighted by molar-refractivity contribution is 0.0774. The zero-order chi connectivity index (χ0) is 27.4. The second-order valence-electron chi connectivity index (χ2n) is 8.90. The minimum absolute atomic E-state index is 0.00997. The van der Waals surface area contributed by atoms with E-state index in [-0.39, 0.29) is 22.1 Å². The standard InChI is InChI=1S/C30H24Cl2N2O4S/c31-23-10-15-28(26(20-23)30(35)34-18-16-22(17-19-34)21-6-2-1-3-7-21)33-39(36,37)25-13-11-24(12-14-25)38-29-9-5-4-8-27(29)32/h1-16,20,33H,17-19H2. The predicted octanol–water partition coefficient (Wildman–Crippen LogP) is 7.52. The molecule has 0 spiro atoms. The van der Waals surface area contributed by atoms with E-state index < -0.39 is 10.0 Å². The Kier molecular flexibility index (Phi) is 7.93. The number of carbonyl (C=O) groups excluding carboxylic acids is 1. The Morgan fingerprint density at radius 1 is 0.872 bits per heavy atom. The van der Waals surface area contributed by atoms with Crippen LogP contribution in [0, 0.1) is 0 Å². The van der Waals surface area contributed by atoms with Crippen molar-refractivity contribution in [3.8, 4) is 11.5 Å². The molecule has 0 saturated carbocycles. The minimum Gasteiger partial charge on any atom is -0.456 e. The molecule has 4 aromatic rings. The Bertz CT molecular complexity index is 1640. The number of carbonyl (C=O) groups is 1. The van der Waals surface area contributed by atoms with Crippen LogP contribution in [0.3, 0.4) is 0 Å². The molecule has 1 aliphatic rings. The monoisotopic (exact) mass is 578 g/mol. The number of anilines is 1. The van der Waals surface area contributed by atoms with Crippen LogP contribution >= 0.6 is 23.2 Å². The number of hydrogen-bond acceptors (Lipinski definition) is 4. The van der Waals surface area contributed by atoms with Gasteiger partial charge in [0.25, 0.3) is 15.9 Å². The van der Waals surface area contributed by atoms with Crippen molar-refractivity contribution in [3.05, 3.63) is 124 Å². The molecule has 1 aliphatic heterocycles. The number of para-hydroxylation sites is 1. The molecule has 0 fully saturated rings. The molecular formula is C30H24Cl2N2O4S. The van der Waals surface area contributed by atoms with E-state index in [4.69, 9.17) is 27.9 Å². The fraction of sp³-hybridized carbons (Fsp3) is 0.100. The highest BCUT2D eigenvalue weighted by atomic mass is 35.5. The summed E-state index contributed by atoms with van der Waals surface area (Å²) in [4.78, 5) is 15.1. The molecule has 1 N–H and O–H groups in total. The van der Waals surface area contributed by atoms with Gasteiger partial charge in [0.05, 0.1) is 21.2 Å². The van der Waals surface area contributed by atoms with E-state index in [1.165, 1.54) is 42.0 Å². The van der Waals surface area contributed by atoms with Gasteiger partial charge in [-0.25, -0.2) is 8.42 Å². The summed E-state index contributed by atoms with van der Waals surface area (Å²) in [7, 11) is -4.01. The van der Waals surface area contributed by atoms with Gasteiger partial charge < -0.3 is 9.64 Å². The number of nitrogens with zero attached hydrogens (tertiary/aromatic N) is 1. The number of rotatable bonds is 7. The van der Waals surface area contributed by atoms with Gasteiger partial charge in [0.1, 0.15) is 11.5 Å². The maximum Gasteiger partial charge on any atom is 0.261 e. The van der Waals surface area contributed by atoms with Crippen molar-refractivity contribution in [3.63, 3.8) is 0 Å². The van der Waals surface area contributed by atoms with Crippen molar-refractivity contribution in [2.45, 2.75) is 11.3 Å². The van der Waals surface area contributed by atoms with E-state index in [0.717, 1.165) is 5.56 Å². The summed E-state index contributed by atoms with van der Waals surface area (Å²) in [5.74, 6) is 0.583. The molecule has 6 nitrogen and oxygen atoms in total. The summed E-state index contributed by atoms with van der Waals surface area (Å²) < 4.78 is 34.7. The molecule has 1 heterocycles. The SMILES string of the molecule is O=C(c1cc(Cl)ccc1NS(=O)(=O)c1ccc(Oc2ccccc2Cl)cc1)N1CC=C(c2ccccc2)CC1. The zero-order valence-corrected chi connectivity index (χ0v) is 23.0. The summed E-state index contributed by atoms with van der Waals surface area (Å²) in [6.45, 7) is 0.916. The summed E-state index contributed by atoms with van der Waals surface area (Å²) >= 11 is 12.3. The fourth-order valence-corrected chi connectivity index (χ4v) is 5.69. The van der Waals surface area contributed by atoms with E-state index in [1.54, 1.807) is 35.2 Å². The summed E-state index contributed by atoms with van der Waals surface area (Å²) in [5.41, 5.74) is 2.64. The highest BCUT2D eigenvalue weighted by molar-refractivity contribution is 7.92.